The molecule has 0 amide bonds. The number of anilines is 2. The Labute approximate surface area is 260 Å². The van der Waals surface area contributed by atoms with Gasteiger partial charge in [0, 0.05) is 48.7 Å². The zero-order valence-electron chi connectivity index (χ0n) is 25.9. The van der Waals surface area contributed by atoms with Crippen molar-refractivity contribution < 1.29 is 0 Å². The summed E-state index contributed by atoms with van der Waals surface area (Å²) in [5.74, 6) is 0. The van der Waals surface area contributed by atoms with Crippen molar-refractivity contribution in [3.05, 3.63) is 60.7 Å². The van der Waals surface area contributed by atoms with E-state index in [0.717, 1.165) is 47.2 Å². The molecule has 0 aliphatic carbocycles. The van der Waals surface area contributed by atoms with Gasteiger partial charge >= 0.3 is 0 Å². The molecule has 0 spiro atoms. The molecule has 0 unspecified atom stereocenters. The molecule has 5 rings (SSSR count). The summed E-state index contributed by atoms with van der Waals surface area (Å²) in [6.45, 7) is 13.6. The third kappa shape index (κ3) is 7.33. The summed E-state index contributed by atoms with van der Waals surface area (Å²) in [6, 6.07) is 22.4. The summed E-state index contributed by atoms with van der Waals surface area (Å²) in [7, 11) is 0. The maximum absolute atomic E-state index is 5.00. The second-order valence-electron chi connectivity index (χ2n) is 11.3. The Kier molecular flexibility index (Phi) is 10.9. The van der Waals surface area contributed by atoms with Crippen LogP contribution in [0.1, 0.15) is 79.1 Å². The van der Waals surface area contributed by atoms with E-state index < -0.39 is 0 Å². The van der Waals surface area contributed by atoms with Crippen LogP contribution in [0.15, 0.2) is 60.7 Å². The van der Waals surface area contributed by atoms with Crippen molar-refractivity contribution in [2.24, 2.45) is 0 Å². The molecule has 5 aromatic rings. The van der Waals surface area contributed by atoms with Gasteiger partial charge in [0.15, 0.2) is 0 Å². The lowest BCUT2D eigenvalue weighted by Crippen LogP contribution is -2.25. The minimum Gasteiger partial charge on any atom is -0.371 e. The molecule has 0 saturated carbocycles. The Morgan fingerprint density at radius 3 is 1.19 bits per heavy atom. The lowest BCUT2D eigenvalue weighted by Gasteiger charge is -2.24. The summed E-state index contributed by atoms with van der Waals surface area (Å²) in [5.41, 5.74) is 7.16. The minimum atomic E-state index is 1.08. The van der Waals surface area contributed by atoms with Gasteiger partial charge in [-0.2, -0.15) is 0 Å². The summed E-state index contributed by atoms with van der Waals surface area (Å²) in [4.78, 5) is 15.1. The molecule has 0 N–H and O–H groups in total. The van der Waals surface area contributed by atoms with Gasteiger partial charge < -0.3 is 9.80 Å². The van der Waals surface area contributed by atoms with E-state index >= 15 is 0 Å². The molecule has 0 fully saturated rings. The third-order valence-corrected chi connectivity index (χ3v) is 10.1. The molecule has 2 heterocycles. The number of fused-ring (bicyclic) bond motifs is 2. The van der Waals surface area contributed by atoms with Gasteiger partial charge in [-0.25, -0.2) is 9.97 Å². The van der Waals surface area contributed by atoms with Crippen molar-refractivity contribution in [3.63, 3.8) is 0 Å². The second-order valence-corrected chi connectivity index (χ2v) is 13.4. The summed E-state index contributed by atoms with van der Waals surface area (Å²) in [6.07, 6.45) is 9.81. The molecule has 4 nitrogen and oxygen atoms in total. The number of hydrogen-bond donors (Lipinski definition) is 0. The predicted molar refractivity (Wildman–Crippen MR) is 188 cm³/mol. The first-order valence-corrected chi connectivity index (χ1v) is 17.7. The van der Waals surface area contributed by atoms with E-state index in [4.69, 9.17) is 9.97 Å². The van der Waals surface area contributed by atoms with E-state index in [9.17, 15) is 0 Å². The maximum atomic E-state index is 5.00. The van der Waals surface area contributed by atoms with Gasteiger partial charge in [-0.05, 0) is 62.1 Å². The smallest absolute Gasteiger partial charge is 0.124 e. The monoisotopic (exact) mass is 598 g/mol. The van der Waals surface area contributed by atoms with Crippen LogP contribution in [0, 0.1) is 0 Å². The number of hydrogen-bond acceptors (Lipinski definition) is 6. The highest BCUT2D eigenvalue weighted by Gasteiger charge is 2.13. The fourth-order valence-electron chi connectivity index (χ4n) is 5.36. The molecule has 0 aliphatic heterocycles. The van der Waals surface area contributed by atoms with Gasteiger partial charge in [-0.1, -0.05) is 77.6 Å². The Morgan fingerprint density at radius 2 is 0.857 bits per heavy atom. The molecule has 0 aliphatic rings. The lowest BCUT2D eigenvalue weighted by atomic mass is 10.1. The van der Waals surface area contributed by atoms with Crippen molar-refractivity contribution in [2.45, 2.75) is 79.1 Å². The largest absolute Gasteiger partial charge is 0.371 e. The highest BCUT2D eigenvalue weighted by atomic mass is 32.1. The normalized spacial score (nSPS) is 11.5. The molecule has 222 valence electrons. The summed E-state index contributed by atoms with van der Waals surface area (Å²) >= 11 is 3.59. The van der Waals surface area contributed by atoms with Crippen molar-refractivity contribution in [1.29, 1.82) is 0 Å². The number of aromatic nitrogens is 2. The molecule has 42 heavy (non-hydrogen) atoms. The standard InChI is InChI=1S/C36H46N4S2/c1-5-9-21-39(22-10-6-2)29-17-19-31-33(25-29)41-35(37-31)27-13-15-28(16-14-27)36-38-32-20-18-30(26-34(32)42-36)40(23-11-7-3)24-12-8-4/h13-20,25-26H,5-12,21-24H2,1-4H3. The molecule has 6 heteroatoms. The van der Waals surface area contributed by atoms with Crippen LogP contribution in [0.5, 0.6) is 0 Å². The number of rotatable bonds is 16. The molecular weight excluding hydrogens is 553 g/mol. The van der Waals surface area contributed by atoms with Crippen LogP contribution < -0.4 is 9.80 Å². The van der Waals surface area contributed by atoms with E-state index in [2.05, 4.69) is 98.2 Å². The lowest BCUT2D eigenvalue weighted by molar-refractivity contribution is 0.678. The van der Waals surface area contributed by atoms with Gasteiger partial charge in [-0.15, -0.1) is 22.7 Å². The highest BCUT2D eigenvalue weighted by Crippen LogP contribution is 2.36. The predicted octanol–water partition coefficient (Wildman–Crippen LogP) is 11.1. The number of benzene rings is 3. The zero-order valence-corrected chi connectivity index (χ0v) is 27.5. The van der Waals surface area contributed by atoms with E-state index in [1.165, 1.54) is 83.3 Å². The molecule has 0 radical (unpaired) electrons. The van der Waals surface area contributed by atoms with Crippen LogP contribution in [-0.4, -0.2) is 36.1 Å². The van der Waals surface area contributed by atoms with Gasteiger partial charge in [0.05, 0.1) is 20.4 Å². The Hall–Kier alpha value is -2.96. The van der Waals surface area contributed by atoms with Crippen molar-refractivity contribution in [1.82, 2.24) is 9.97 Å². The van der Waals surface area contributed by atoms with Gasteiger partial charge in [0.25, 0.3) is 0 Å². The van der Waals surface area contributed by atoms with Crippen molar-refractivity contribution in [3.8, 4) is 21.1 Å². The van der Waals surface area contributed by atoms with Gasteiger partial charge in [-0.3, -0.25) is 0 Å². The van der Waals surface area contributed by atoms with E-state index in [-0.39, 0.29) is 0 Å². The minimum absolute atomic E-state index is 1.08. The zero-order chi connectivity index (χ0) is 29.3. The van der Waals surface area contributed by atoms with Gasteiger partial charge in [0.1, 0.15) is 10.0 Å². The average molecular weight is 599 g/mol. The van der Waals surface area contributed by atoms with Crippen LogP contribution in [0.4, 0.5) is 11.4 Å². The third-order valence-electron chi connectivity index (χ3n) is 7.98. The van der Waals surface area contributed by atoms with Crippen molar-refractivity contribution in [2.75, 3.05) is 36.0 Å². The van der Waals surface area contributed by atoms with E-state index in [0.29, 0.717) is 0 Å². The quantitative estimate of drug-likeness (QED) is 0.113. The molecule has 3 aromatic carbocycles. The van der Waals surface area contributed by atoms with E-state index in [1.807, 2.05) is 0 Å². The summed E-state index contributed by atoms with van der Waals surface area (Å²) in [5, 5.41) is 2.16. The van der Waals surface area contributed by atoms with Crippen LogP contribution in [0.2, 0.25) is 0 Å². The number of thiazole rings is 2. The van der Waals surface area contributed by atoms with E-state index in [1.54, 1.807) is 22.7 Å². The number of unbranched alkanes of at least 4 members (excludes halogenated alkanes) is 4. The Balaban J connectivity index is 1.34. The van der Waals surface area contributed by atoms with Crippen molar-refractivity contribution >= 4 is 54.5 Å². The fraction of sp³-hybridized carbons (Fsp3) is 0.444. The first-order chi connectivity index (χ1) is 20.6. The Morgan fingerprint density at radius 1 is 0.500 bits per heavy atom. The summed E-state index contributed by atoms with van der Waals surface area (Å²) < 4.78 is 2.52. The molecule has 0 atom stereocenters. The first kappa shape index (κ1) is 30.5. The molecular formula is C36H46N4S2. The number of nitrogens with zero attached hydrogens (tertiary/aromatic N) is 4. The molecule has 0 saturated heterocycles. The highest BCUT2D eigenvalue weighted by molar-refractivity contribution is 7.22. The maximum Gasteiger partial charge on any atom is 0.124 e. The SMILES string of the molecule is CCCCN(CCCC)c1ccc2nc(-c3ccc(-c4nc5ccc(N(CCCC)CCCC)cc5s4)cc3)sc2c1. The van der Waals surface area contributed by atoms with Crippen LogP contribution in [-0.2, 0) is 0 Å². The van der Waals surface area contributed by atoms with Crippen LogP contribution in [0.25, 0.3) is 41.6 Å². The first-order valence-electron chi connectivity index (χ1n) is 16.0. The topological polar surface area (TPSA) is 32.3 Å². The molecule has 0 bridgehead atoms. The Bertz CT molecular complexity index is 1420. The average Bonchev–Trinajstić information content (AvgIpc) is 3.65. The second kappa shape index (κ2) is 15.0. The fourth-order valence-corrected chi connectivity index (χ4v) is 7.37. The van der Waals surface area contributed by atoms with Crippen LogP contribution in [0.3, 0.4) is 0 Å². The van der Waals surface area contributed by atoms with Crippen LogP contribution >= 0.6 is 22.7 Å². The molecule has 2 aromatic heterocycles. The van der Waals surface area contributed by atoms with Gasteiger partial charge in [0.2, 0.25) is 0 Å².